The molecule has 5 nitrogen and oxygen atoms in total. The summed E-state index contributed by atoms with van der Waals surface area (Å²) < 4.78 is 10.8. The molecule has 0 aliphatic carbocycles. The number of hydrogen-bond acceptors (Lipinski definition) is 4. The summed E-state index contributed by atoms with van der Waals surface area (Å²) in [6, 6.07) is 13.4. The van der Waals surface area contributed by atoms with Crippen molar-refractivity contribution in [2.75, 3.05) is 31.8 Å². The third-order valence-electron chi connectivity index (χ3n) is 4.13. The number of benzene rings is 2. The molecule has 1 heterocycles. The molecule has 1 saturated heterocycles. The van der Waals surface area contributed by atoms with Gasteiger partial charge in [-0.1, -0.05) is 12.1 Å². The predicted octanol–water partition coefficient (Wildman–Crippen LogP) is 4.29. The second-order valence-electron chi connectivity index (χ2n) is 5.82. The Morgan fingerprint density at radius 2 is 2.04 bits per heavy atom. The van der Waals surface area contributed by atoms with Gasteiger partial charge in [0.2, 0.25) is 0 Å². The molecule has 0 spiro atoms. The van der Waals surface area contributed by atoms with Gasteiger partial charge in [-0.2, -0.15) is 0 Å². The predicted molar refractivity (Wildman–Crippen MR) is 102 cm³/mol. The van der Waals surface area contributed by atoms with Crippen LogP contribution in [0.15, 0.2) is 42.5 Å². The Hall–Kier alpha value is -2.34. The number of nitrogens with zero attached hydrogens (tertiary/aromatic N) is 1. The number of ether oxygens (including phenoxy) is 2. The summed E-state index contributed by atoms with van der Waals surface area (Å²) in [5.74, 6) is 2.35. The largest absolute Gasteiger partial charge is 0.497 e. The zero-order valence-corrected chi connectivity index (χ0v) is 15.4. The molecule has 1 atom stereocenters. The van der Waals surface area contributed by atoms with Crippen LogP contribution in [-0.4, -0.2) is 37.4 Å². The number of anilines is 1. The highest BCUT2D eigenvalue weighted by atomic mass is 32.2. The number of aryl methyl sites for hydroxylation is 1. The fourth-order valence-electron chi connectivity index (χ4n) is 2.88. The van der Waals surface area contributed by atoms with Crippen molar-refractivity contribution in [2.24, 2.45) is 0 Å². The first-order valence-corrected chi connectivity index (χ1v) is 9.15. The Morgan fingerprint density at radius 1 is 1.20 bits per heavy atom. The van der Waals surface area contributed by atoms with Gasteiger partial charge in [0.25, 0.3) is 0 Å². The van der Waals surface area contributed by atoms with E-state index < -0.39 is 0 Å². The van der Waals surface area contributed by atoms with Gasteiger partial charge in [0, 0.05) is 29.6 Å². The van der Waals surface area contributed by atoms with Crippen molar-refractivity contribution in [3.05, 3.63) is 53.6 Å². The molecule has 1 aliphatic heterocycles. The van der Waals surface area contributed by atoms with Gasteiger partial charge in [0.15, 0.2) is 0 Å². The van der Waals surface area contributed by atoms with E-state index >= 15 is 0 Å². The van der Waals surface area contributed by atoms with E-state index in [0.717, 1.165) is 34.1 Å². The summed E-state index contributed by atoms with van der Waals surface area (Å²) in [5, 5.41) is 2.91. The van der Waals surface area contributed by atoms with E-state index in [1.165, 1.54) is 0 Å². The van der Waals surface area contributed by atoms with Gasteiger partial charge in [-0.3, -0.25) is 0 Å². The van der Waals surface area contributed by atoms with Crippen LogP contribution in [-0.2, 0) is 0 Å². The van der Waals surface area contributed by atoms with Crippen molar-refractivity contribution in [1.82, 2.24) is 4.90 Å². The van der Waals surface area contributed by atoms with Crippen LogP contribution in [0.1, 0.15) is 16.5 Å². The molecule has 3 rings (SSSR count). The summed E-state index contributed by atoms with van der Waals surface area (Å²) in [6.07, 6.45) is 0. The number of rotatable bonds is 4. The Bertz CT molecular complexity index is 766. The number of amides is 2. The molecule has 1 fully saturated rings. The van der Waals surface area contributed by atoms with Gasteiger partial charge >= 0.3 is 6.03 Å². The maximum absolute atomic E-state index is 12.8. The molecule has 0 radical (unpaired) electrons. The molecule has 0 aromatic heterocycles. The van der Waals surface area contributed by atoms with Crippen molar-refractivity contribution in [3.8, 4) is 11.5 Å². The fraction of sp³-hybridized carbons (Fsp3) is 0.316. The lowest BCUT2D eigenvalue weighted by atomic mass is 10.1. The van der Waals surface area contributed by atoms with E-state index in [1.807, 2.05) is 54.3 Å². The molecule has 1 unspecified atom stereocenters. The molecule has 0 bridgehead atoms. The quantitative estimate of drug-likeness (QED) is 0.886. The molecule has 2 amide bonds. The first kappa shape index (κ1) is 17.5. The van der Waals surface area contributed by atoms with E-state index in [0.29, 0.717) is 6.54 Å². The first-order valence-electron chi connectivity index (χ1n) is 8.10. The van der Waals surface area contributed by atoms with E-state index in [2.05, 4.69) is 5.32 Å². The van der Waals surface area contributed by atoms with Gasteiger partial charge in [0.1, 0.15) is 16.9 Å². The highest BCUT2D eigenvalue weighted by Gasteiger charge is 2.32. The third kappa shape index (κ3) is 3.85. The molecule has 1 N–H and O–H groups in total. The van der Waals surface area contributed by atoms with Crippen LogP contribution < -0.4 is 14.8 Å². The van der Waals surface area contributed by atoms with Crippen LogP contribution in [0, 0.1) is 6.92 Å². The fourth-order valence-corrected chi connectivity index (χ4v) is 4.16. The number of nitrogens with one attached hydrogen (secondary N) is 1. The topological polar surface area (TPSA) is 50.8 Å². The average Bonchev–Trinajstić information content (AvgIpc) is 3.10. The molecule has 25 heavy (non-hydrogen) atoms. The summed E-state index contributed by atoms with van der Waals surface area (Å²) in [6.45, 7) is 2.70. The van der Waals surface area contributed by atoms with Gasteiger partial charge in [-0.25, -0.2) is 4.79 Å². The lowest BCUT2D eigenvalue weighted by molar-refractivity contribution is 0.213. The van der Waals surface area contributed by atoms with Crippen LogP contribution in [0.3, 0.4) is 0 Å². The minimum Gasteiger partial charge on any atom is -0.497 e. The number of hydrogen-bond donors (Lipinski definition) is 1. The molecular formula is C19H22N2O3S. The Kier molecular flexibility index (Phi) is 5.38. The summed E-state index contributed by atoms with van der Waals surface area (Å²) in [4.78, 5) is 14.6. The van der Waals surface area contributed by atoms with Crippen LogP contribution in [0.25, 0.3) is 0 Å². The van der Waals surface area contributed by atoms with Crippen molar-refractivity contribution < 1.29 is 14.3 Å². The van der Waals surface area contributed by atoms with Crippen LogP contribution >= 0.6 is 11.8 Å². The molecule has 6 heteroatoms. The smallest absolute Gasteiger partial charge is 0.323 e. The number of carbonyl (C=O) groups is 1. The van der Waals surface area contributed by atoms with E-state index in [9.17, 15) is 4.79 Å². The summed E-state index contributed by atoms with van der Waals surface area (Å²) in [7, 11) is 3.26. The lowest BCUT2D eigenvalue weighted by Gasteiger charge is -2.26. The second kappa shape index (κ2) is 7.70. The molecule has 1 aliphatic rings. The minimum absolute atomic E-state index is 0.0781. The van der Waals surface area contributed by atoms with Gasteiger partial charge in [-0.05, 0) is 36.8 Å². The number of methoxy groups -OCH3 is 2. The van der Waals surface area contributed by atoms with Crippen LogP contribution in [0.4, 0.5) is 10.5 Å². The van der Waals surface area contributed by atoms with Crippen molar-refractivity contribution in [2.45, 2.75) is 12.3 Å². The monoisotopic (exact) mass is 358 g/mol. The lowest BCUT2D eigenvalue weighted by Crippen LogP contribution is -2.34. The van der Waals surface area contributed by atoms with Crippen LogP contribution in [0.5, 0.6) is 11.5 Å². The van der Waals surface area contributed by atoms with Crippen molar-refractivity contribution >= 4 is 23.5 Å². The van der Waals surface area contributed by atoms with Gasteiger partial charge in [-0.15, -0.1) is 11.8 Å². The molecule has 0 saturated carbocycles. The molecule has 132 valence electrons. The maximum atomic E-state index is 12.8. The van der Waals surface area contributed by atoms with E-state index in [4.69, 9.17) is 9.47 Å². The first-order chi connectivity index (χ1) is 12.1. The second-order valence-corrected chi connectivity index (χ2v) is 7.01. The molecule has 2 aromatic rings. The summed E-state index contributed by atoms with van der Waals surface area (Å²) >= 11 is 1.73. The third-order valence-corrected chi connectivity index (χ3v) is 5.37. The van der Waals surface area contributed by atoms with Gasteiger partial charge < -0.3 is 19.7 Å². The van der Waals surface area contributed by atoms with E-state index in [1.54, 1.807) is 26.0 Å². The van der Waals surface area contributed by atoms with Crippen molar-refractivity contribution in [3.63, 3.8) is 0 Å². The highest BCUT2D eigenvalue weighted by molar-refractivity contribution is 7.99. The maximum Gasteiger partial charge on any atom is 0.323 e. The normalized spacial score (nSPS) is 16.6. The SMILES string of the molecule is COc1ccc(C2SCCN2C(=O)Nc2cccc(C)c2)c(OC)c1. The highest BCUT2D eigenvalue weighted by Crippen LogP contribution is 2.43. The van der Waals surface area contributed by atoms with E-state index in [-0.39, 0.29) is 11.4 Å². The van der Waals surface area contributed by atoms with Gasteiger partial charge in [0.05, 0.1) is 14.2 Å². The zero-order valence-electron chi connectivity index (χ0n) is 14.6. The Balaban J connectivity index is 1.81. The van der Waals surface area contributed by atoms with Crippen molar-refractivity contribution in [1.29, 1.82) is 0 Å². The Labute approximate surface area is 152 Å². The average molecular weight is 358 g/mol. The standard InChI is InChI=1S/C19H22N2O3S/c1-13-5-4-6-14(11-13)20-19(22)21-9-10-25-18(21)16-8-7-15(23-2)12-17(16)24-3/h4-8,11-12,18H,9-10H2,1-3H3,(H,20,22). The number of urea groups is 1. The number of carbonyl (C=O) groups excluding carboxylic acids is 1. The summed E-state index contributed by atoms with van der Waals surface area (Å²) in [5.41, 5.74) is 2.90. The Morgan fingerprint density at radius 3 is 2.76 bits per heavy atom. The van der Waals surface area contributed by atoms with Crippen LogP contribution in [0.2, 0.25) is 0 Å². The minimum atomic E-state index is -0.0986. The number of thioether (sulfide) groups is 1. The zero-order chi connectivity index (χ0) is 17.8. The molecule has 2 aromatic carbocycles. The molecular weight excluding hydrogens is 336 g/mol.